The van der Waals surface area contributed by atoms with Crippen molar-refractivity contribution in [1.29, 1.82) is 0 Å². The highest BCUT2D eigenvalue weighted by molar-refractivity contribution is 9.09. The first-order chi connectivity index (χ1) is 9.51. The van der Waals surface area contributed by atoms with Crippen LogP contribution >= 0.6 is 15.9 Å². The molecule has 1 amide bonds. The zero-order chi connectivity index (χ0) is 14.4. The van der Waals surface area contributed by atoms with Gasteiger partial charge in [0.2, 0.25) is 5.91 Å². The molecule has 0 aromatic heterocycles. The first-order valence-corrected chi connectivity index (χ1v) is 7.37. The Hall–Kier alpha value is -0.330. The molecule has 3 aliphatic heterocycles. The molecule has 10 heteroatoms. The van der Waals surface area contributed by atoms with Crippen molar-refractivity contribution in [2.45, 2.75) is 48.4 Å². The van der Waals surface area contributed by atoms with Crippen LogP contribution in [0.2, 0.25) is 0 Å². The van der Waals surface area contributed by atoms with Crippen molar-refractivity contribution in [3.8, 4) is 0 Å². The molecule has 7 N–H and O–H groups in total. The van der Waals surface area contributed by atoms with Crippen LogP contribution in [0.1, 0.15) is 6.42 Å². The summed E-state index contributed by atoms with van der Waals surface area (Å²) in [5, 5.41) is 27.4. The maximum Gasteiger partial charge on any atom is 0.242 e. The number of nitrogens with two attached hydrogens (primary N) is 1. The van der Waals surface area contributed by atoms with Gasteiger partial charge in [-0.3, -0.25) is 21.2 Å². The molecule has 0 saturated carbocycles. The second-order valence-electron chi connectivity index (χ2n) is 5.14. The number of ether oxygens (including phenoxy) is 1. The van der Waals surface area contributed by atoms with Crippen LogP contribution in [0.25, 0.3) is 0 Å². The zero-order valence-electron chi connectivity index (χ0n) is 10.6. The molecule has 114 valence electrons. The van der Waals surface area contributed by atoms with Crippen LogP contribution in [0.5, 0.6) is 0 Å². The smallest absolute Gasteiger partial charge is 0.242 e. The summed E-state index contributed by atoms with van der Waals surface area (Å²) in [7, 11) is 0. The first kappa shape index (κ1) is 14.6. The fourth-order valence-corrected chi connectivity index (χ4v) is 3.70. The number of alkyl halides is 1. The molecule has 0 aromatic rings. The molecule has 3 fully saturated rings. The lowest BCUT2D eigenvalue weighted by Gasteiger charge is -2.37. The molecule has 3 aliphatic rings. The van der Waals surface area contributed by atoms with Crippen molar-refractivity contribution < 1.29 is 19.7 Å². The fourth-order valence-electron chi connectivity index (χ4n) is 2.90. The van der Waals surface area contributed by atoms with Crippen molar-refractivity contribution in [2.75, 3.05) is 6.61 Å². The van der Waals surface area contributed by atoms with Gasteiger partial charge in [-0.2, -0.15) is 0 Å². The third kappa shape index (κ3) is 2.35. The molecule has 0 bridgehead atoms. The Labute approximate surface area is 123 Å². The van der Waals surface area contributed by atoms with Crippen molar-refractivity contribution in [3.63, 3.8) is 0 Å². The Morgan fingerprint density at radius 2 is 2.25 bits per heavy atom. The average Bonchev–Trinajstić information content (AvgIpc) is 2.89. The molecule has 4 unspecified atom stereocenters. The summed E-state index contributed by atoms with van der Waals surface area (Å²) in [6.45, 7) is -0.243. The van der Waals surface area contributed by atoms with Gasteiger partial charge in [0.25, 0.3) is 0 Å². The van der Waals surface area contributed by atoms with Crippen LogP contribution in [0.15, 0.2) is 0 Å². The third-order valence-electron chi connectivity index (χ3n) is 3.86. The summed E-state index contributed by atoms with van der Waals surface area (Å²) in [6.07, 6.45) is -2.38. The lowest BCUT2D eigenvalue weighted by molar-refractivity contribution is -0.130. The molecule has 3 rings (SSSR count). The highest BCUT2D eigenvalue weighted by Crippen LogP contribution is 2.31. The number of aliphatic hydroxyl groups is 2. The number of carbonyl (C=O) groups excluding carboxylic acids is 1. The average molecular weight is 352 g/mol. The summed E-state index contributed by atoms with van der Waals surface area (Å²) >= 11 is 3.44. The molecule has 3 saturated heterocycles. The Morgan fingerprint density at radius 3 is 2.90 bits per heavy atom. The van der Waals surface area contributed by atoms with E-state index in [1.54, 1.807) is 0 Å². The summed E-state index contributed by atoms with van der Waals surface area (Å²) in [6, 6.07) is -0.465. The second kappa shape index (κ2) is 5.46. The van der Waals surface area contributed by atoms with E-state index in [4.69, 9.17) is 15.6 Å². The summed E-state index contributed by atoms with van der Waals surface area (Å²) in [4.78, 5) is 13.8. The maximum atomic E-state index is 11.9. The standard InChI is InChI=1S/C10H18BrN5O4/c11-9-13-6-7(14-10(12)15-8(6)19)16(9)5-1-3(18)4(2-17)20-5/h3-7,9-10,13-14,17-18H,1-2,12H2,(H,15,19)/t3-,4+,5+,6?,7?,9?,10?/m0/s1. The van der Waals surface area contributed by atoms with Crippen molar-refractivity contribution in [2.24, 2.45) is 5.73 Å². The molecule has 9 nitrogen and oxygen atoms in total. The first-order valence-electron chi connectivity index (χ1n) is 6.45. The Morgan fingerprint density at radius 1 is 1.50 bits per heavy atom. The third-order valence-corrected chi connectivity index (χ3v) is 4.60. The molecule has 0 aliphatic carbocycles. The zero-order valence-corrected chi connectivity index (χ0v) is 12.2. The maximum absolute atomic E-state index is 11.9. The van der Waals surface area contributed by atoms with E-state index in [1.165, 1.54) is 0 Å². The Kier molecular flexibility index (Phi) is 3.99. The van der Waals surface area contributed by atoms with Crippen molar-refractivity contribution in [1.82, 2.24) is 20.9 Å². The molecular formula is C10H18BrN5O4. The fraction of sp³-hybridized carbons (Fsp3) is 0.900. The molecule has 0 aromatic carbocycles. The lowest BCUT2D eigenvalue weighted by Crippen LogP contribution is -2.70. The molecule has 0 radical (unpaired) electrons. The van der Waals surface area contributed by atoms with E-state index in [-0.39, 0.29) is 23.8 Å². The van der Waals surface area contributed by atoms with E-state index in [0.717, 1.165) is 0 Å². The highest BCUT2D eigenvalue weighted by atomic mass is 79.9. The van der Waals surface area contributed by atoms with Gasteiger partial charge in [-0.15, -0.1) is 0 Å². The van der Waals surface area contributed by atoms with E-state index >= 15 is 0 Å². The number of rotatable bonds is 2. The highest BCUT2D eigenvalue weighted by Gasteiger charge is 2.52. The number of hydrogen-bond donors (Lipinski definition) is 6. The van der Waals surface area contributed by atoms with Gasteiger partial charge in [-0.25, -0.2) is 4.90 Å². The van der Waals surface area contributed by atoms with Gasteiger partial charge in [-0.1, -0.05) is 15.9 Å². The number of halogens is 1. The Balaban J connectivity index is 1.77. The minimum atomic E-state index is -0.727. The number of carbonyl (C=O) groups is 1. The minimum absolute atomic E-state index is 0.189. The van der Waals surface area contributed by atoms with E-state index in [2.05, 4.69) is 31.9 Å². The number of nitrogens with zero attached hydrogens (tertiary/aromatic N) is 1. The van der Waals surface area contributed by atoms with Crippen LogP contribution in [0.4, 0.5) is 0 Å². The van der Waals surface area contributed by atoms with Crippen LogP contribution < -0.4 is 21.7 Å². The number of fused-ring (bicyclic) bond motifs is 1. The normalized spacial score (nSPS) is 49.2. The second-order valence-corrected chi connectivity index (χ2v) is 6.01. The Bertz CT molecular complexity index is 402. The largest absolute Gasteiger partial charge is 0.394 e. The molecule has 7 atom stereocenters. The van der Waals surface area contributed by atoms with E-state index in [0.29, 0.717) is 6.42 Å². The predicted molar refractivity (Wildman–Crippen MR) is 70.9 cm³/mol. The minimum Gasteiger partial charge on any atom is -0.394 e. The quantitative estimate of drug-likeness (QED) is 0.225. The number of amides is 1. The number of hydrogen-bond acceptors (Lipinski definition) is 8. The van der Waals surface area contributed by atoms with Gasteiger partial charge < -0.3 is 20.3 Å². The van der Waals surface area contributed by atoms with Crippen LogP contribution in [0, 0.1) is 0 Å². The molecule has 20 heavy (non-hydrogen) atoms. The van der Waals surface area contributed by atoms with E-state index in [9.17, 15) is 9.90 Å². The molecule has 0 spiro atoms. The topological polar surface area (TPSA) is 132 Å². The number of nitrogens with one attached hydrogen (secondary N) is 3. The predicted octanol–water partition coefficient (Wildman–Crippen LogP) is -3.31. The van der Waals surface area contributed by atoms with Crippen molar-refractivity contribution >= 4 is 21.8 Å². The van der Waals surface area contributed by atoms with Crippen LogP contribution in [-0.2, 0) is 9.53 Å². The lowest BCUT2D eigenvalue weighted by atomic mass is 10.1. The van der Waals surface area contributed by atoms with Gasteiger partial charge in [0.05, 0.1) is 18.9 Å². The van der Waals surface area contributed by atoms with Crippen LogP contribution in [-0.4, -0.2) is 69.6 Å². The molecular weight excluding hydrogens is 334 g/mol. The van der Waals surface area contributed by atoms with E-state index in [1.807, 2.05) is 4.90 Å². The number of aliphatic hydroxyl groups excluding tert-OH is 2. The van der Waals surface area contributed by atoms with Gasteiger partial charge in [0, 0.05) is 6.42 Å². The summed E-state index contributed by atoms with van der Waals surface area (Å²) < 4.78 is 5.64. The summed E-state index contributed by atoms with van der Waals surface area (Å²) in [5.74, 6) is -0.189. The van der Waals surface area contributed by atoms with E-state index < -0.39 is 30.8 Å². The van der Waals surface area contributed by atoms with Gasteiger partial charge in [-0.05, 0) is 0 Å². The SMILES string of the molecule is NC1NC(=O)C2NC(Br)N([C@H]3C[C@H](O)[C@@H](CO)O3)C2N1. The monoisotopic (exact) mass is 351 g/mol. The van der Waals surface area contributed by atoms with Gasteiger partial charge in [0.1, 0.15) is 29.7 Å². The van der Waals surface area contributed by atoms with Crippen molar-refractivity contribution in [3.05, 3.63) is 0 Å². The molecule has 3 heterocycles. The van der Waals surface area contributed by atoms with Gasteiger partial charge in [0.15, 0.2) is 0 Å². The van der Waals surface area contributed by atoms with Gasteiger partial charge >= 0.3 is 0 Å². The summed E-state index contributed by atoms with van der Waals surface area (Å²) in [5.41, 5.74) is 5.73. The van der Waals surface area contributed by atoms with Crippen LogP contribution in [0.3, 0.4) is 0 Å².